The van der Waals surface area contributed by atoms with Crippen LogP contribution >= 0.6 is 0 Å². The van der Waals surface area contributed by atoms with Gasteiger partial charge in [0.1, 0.15) is 5.82 Å². The minimum absolute atomic E-state index is 0.0909. The number of hydrogen-bond acceptors (Lipinski definition) is 1. The molecule has 20 heavy (non-hydrogen) atoms. The third kappa shape index (κ3) is 2.97. The van der Waals surface area contributed by atoms with Crippen LogP contribution in [0.4, 0.5) is 17.6 Å². The second-order valence-electron chi connectivity index (χ2n) is 6.07. The van der Waals surface area contributed by atoms with E-state index < -0.39 is 17.6 Å². The highest BCUT2D eigenvalue weighted by Crippen LogP contribution is 2.57. The summed E-state index contributed by atoms with van der Waals surface area (Å²) in [6.45, 7) is 6.85. The lowest BCUT2D eigenvalue weighted by atomic mass is 9.96. The van der Waals surface area contributed by atoms with Gasteiger partial charge in [0, 0.05) is 6.04 Å². The predicted octanol–water partition coefficient (Wildman–Crippen LogP) is 4.54. The van der Waals surface area contributed by atoms with Gasteiger partial charge >= 0.3 is 6.18 Å². The van der Waals surface area contributed by atoms with Gasteiger partial charge in [0.15, 0.2) is 0 Å². The Bertz CT molecular complexity index is 493. The van der Waals surface area contributed by atoms with Gasteiger partial charge in [0.2, 0.25) is 0 Å². The Morgan fingerprint density at radius 2 is 1.95 bits per heavy atom. The van der Waals surface area contributed by atoms with Crippen LogP contribution in [-0.4, -0.2) is 6.54 Å². The van der Waals surface area contributed by atoms with E-state index in [9.17, 15) is 17.6 Å². The number of alkyl halides is 3. The Balaban J connectivity index is 2.29. The molecule has 0 saturated heterocycles. The van der Waals surface area contributed by atoms with E-state index >= 15 is 0 Å². The molecule has 1 aliphatic carbocycles. The zero-order valence-electron chi connectivity index (χ0n) is 11.8. The maximum atomic E-state index is 13.7. The van der Waals surface area contributed by atoms with Crippen LogP contribution in [-0.2, 0) is 6.18 Å². The van der Waals surface area contributed by atoms with Gasteiger partial charge in [0.25, 0.3) is 0 Å². The van der Waals surface area contributed by atoms with E-state index in [0.717, 1.165) is 18.6 Å². The fourth-order valence-corrected chi connectivity index (χ4v) is 2.74. The van der Waals surface area contributed by atoms with Crippen LogP contribution in [0.3, 0.4) is 0 Å². The van der Waals surface area contributed by atoms with Gasteiger partial charge in [-0.25, -0.2) is 4.39 Å². The lowest BCUT2D eigenvalue weighted by Gasteiger charge is -2.21. The first-order chi connectivity index (χ1) is 9.16. The highest BCUT2D eigenvalue weighted by atomic mass is 19.4. The summed E-state index contributed by atoms with van der Waals surface area (Å²) >= 11 is 0. The van der Waals surface area contributed by atoms with Crippen LogP contribution in [0.2, 0.25) is 0 Å². The summed E-state index contributed by atoms with van der Waals surface area (Å²) in [5.74, 6) is -0.866. The molecule has 0 amide bonds. The van der Waals surface area contributed by atoms with Crippen molar-refractivity contribution in [3.63, 3.8) is 0 Å². The quantitative estimate of drug-likeness (QED) is 0.802. The summed E-state index contributed by atoms with van der Waals surface area (Å²) in [7, 11) is 0. The second kappa shape index (κ2) is 5.02. The minimum atomic E-state index is -4.64. The molecular formula is C15H19F4N. The zero-order valence-corrected chi connectivity index (χ0v) is 11.8. The SMILES string of the molecule is CCNC(c1ccc(C(F)(F)F)c(F)c1)C1CC1(C)C. The normalized spacial score (nSPS) is 22.6. The summed E-state index contributed by atoms with van der Waals surface area (Å²) in [4.78, 5) is 0. The van der Waals surface area contributed by atoms with Crippen molar-refractivity contribution in [1.82, 2.24) is 5.32 Å². The van der Waals surface area contributed by atoms with Crippen LogP contribution in [0.15, 0.2) is 18.2 Å². The molecule has 1 aromatic rings. The van der Waals surface area contributed by atoms with Crippen molar-refractivity contribution in [3.05, 3.63) is 35.1 Å². The lowest BCUT2D eigenvalue weighted by Crippen LogP contribution is -2.24. The van der Waals surface area contributed by atoms with Crippen molar-refractivity contribution < 1.29 is 17.6 Å². The molecule has 0 aliphatic heterocycles. The van der Waals surface area contributed by atoms with Gasteiger partial charge in [-0.05, 0) is 42.0 Å². The van der Waals surface area contributed by atoms with E-state index in [4.69, 9.17) is 0 Å². The largest absolute Gasteiger partial charge is 0.419 e. The molecule has 2 rings (SSSR count). The van der Waals surface area contributed by atoms with Gasteiger partial charge in [-0.3, -0.25) is 0 Å². The first kappa shape index (κ1) is 15.3. The van der Waals surface area contributed by atoms with Crippen LogP contribution in [0.25, 0.3) is 0 Å². The van der Waals surface area contributed by atoms with Gasteiger partial charge in [-0.2, -0.15) is 13.2 Å². The molecule has 0 bridgehead atoms. The van der Waals surface area contributed by atoms with Crippen LogP contribution < -0.4 is 5.32 Å². The van der Waals surface area contributed by atoms with Gasteiger partial charge in [-0.15, -0.1) is 0 Å². The van der Waals surface area contributed by atoms with Crippen LogP contribution in [0.1, 0.15) is 44.4 Å². The molecular weight excluding hydrogens is 270 g/mol. The van der Waals surface area contributed by atoms with Gasteiger partial charge in [-0.1, -0.05) is 26.8 Å². The van der Waals surface area contributed by atoms with Gasteiger partial charge in [0.05, 0.1) is 5.56 Å². The molecule has 1 N–H and O–H groups in total. The maximum Gasteiger partial charge on any atom is 0.419 e. The molecule has 1 aliphatic rings. The molecule has 1 fully saturated rings. The Morgan fingerprint density at radius 1 is 1.35 bits per heavy atom. The highest BCUT2D eigenvalue weighted by molar-refractivity contribution is 5.30. The van der Waals surface area contributed by atoms with Crippen molar-refractivity contribution in [3.8, 4) is 0 Å². The Hall–Kier alpha value is -1.10. The van der Waals surface area contributed by atoms with Crippen LogP contribution in [0, 0.1) is 17.2 Å². The molecule has 112 valence electrons. The lowest BCUT2D eigenvalue weighted by molar-refractivity contribution is -0.140. The fourth-order valence-electron chi connectivity index (χ4n) is 2.74. The van der Waals surface area contributed by atoms with E-state index in [0.29, 0.717) is 18.0 Å². The van der Waals surface area contributed by atoms with E-state index in [1.165, 1.54) is 6.07 Å². The molecule has 0 spiro atoms. The third-order valence-electron chi connectivity index (χ3n) is 4.07. The average Bonchev–Trinajstić information content (AvgIpc) is 2.93. The number of halogens is 4. The Kier molecular flexibility index (Phi) is 3.84. The van der Waals surface area contributed by atoms with Crippen molar-refractivity contribution in [1.29, 1.82) is 0 Å². The summed E-state index contributed by atoms with van der Waals surface area (Å²) in [5.41, 5.74) is -0.453. The highest BCUT2D eigenvalue weighted by Gasteiger charge is 2.50. The summed E-state index contributed by atoms with van der Waals surface area (Å²) in [6.07, 6.45) is -3.65. The number of benzene rings is 1. The molecule has 0 aromatic heterocycles. The first-order valence-corrected chi connectivity index (χ1v) is 6.77. The van der Waals surface area contributed by atoms with E-state index in [-0.39, 0.29) is 11.5 Å². The van der Waals surface area contributed by atoms with Crippen molar-refractivity contribution >= 4 is 0 Å². The van der Waals surface area contributed by atoms with Crippen molar-refractivity contribution in [2.45, 2.75) is 39.4 Å². The predicted molar refractivity (Wildman–Crippen MR) is 69.7 cm³/mol. The van der Waals surface area contributed by atoms with Crippen LogP contribution in [0.5, 0.6) is 0 Å². The smallest absolute Gasteiger partial charge is 0.310 e. The first-order valence-electron chi connectivity index (χ1n) is 6.77. The fraction of sp³-hybridized carbons (Fsp3) is 0.600. The summed E-state index contributed by atoms with van der Waals surface area (Å²) < 4.78 is 51.4. The molecule has 2 unspecified atom stereocenters. The Labute approximate surface area is 116 Å². The summed E-state index contributed by atoms with van der Waals surface area (Å²) in [6, 6.07) is 3.15. The molecule has 1 saturated carbocycles. The summed E-state index contributed by atoms with van der Waals surface area (Å²) in [5, 5.41) is 3.25. The molecule has 2 atom stereocenters. The second-order valence-corrected chi connectivity index (χ2v) is 6.07. The molecule has 1 aromatic carbocycles. The average molecular weight is 289 g/mol. The van der Waals surface area contributed by atoms with E-state index in [2.05, 4.69) is 19.2 Å². The van der Waals surface area contributed by atoms with Crippen molar-refractivity contribution in [2.75, 3.05) is 6.54 Å². The monoisotopic (exact) mass is 289 g/mol. The zero-order chi connectivity index (χ0) is 15.1. The number of rotatable bonds is 4. The molecule has 5 heteroatoms. The van der Waals surface area contributed by atoms with Crippen molar-refractivity contribution in [2.24, 2.45) is 11.3 Å². The van der Waals surface area contributed by atoms with E-state index in [1.807, 2.05) is 6.92 Å². The van der Waals surface area contributed by atoms with Gasteiger partial charge < -0.3 is 5.32 Å². The minimum Gasteiger partial charge on any atom is -0.310 e. The molecule has 0 heterocycles. The maximum absolute atomic E-state index is 13.7. The Morgan fingerprint density at radius 3 is 2.35 bits per heavy atom. The number of nitrogens with one attached hydrogen (secondary N) is 1. The topological polar surface area (TPSA) is 12.0 Å². The molecule has 0 radical (unpaired) electrons. The third-order valence-corrected chi connectivity index (χ3v) is 4.07. The number of hydrogen-bond donors (Lipinski definition) is 1. The standard InChI is InChI=1S/C15H19F4N/c1-4-20-13(11-8-14(11,2)3)9-5-6-10(12(16)7-9)15(17,18)19/h5-7,11,13,20H,4,8H2,1-3H3. The molecule has 1 nitrogen and oxygen atoms in total. The van der Waals surface area contributed by atoms with E-state index in [1.54, 1.807) is 0 Å².